The molecule has 1 atom stereocenters. The fourth-order valence-corrected chi connectivity index (χ4v) is 2.73. The largest absolute Gasteiger partial charge is 0.335 e. The topological polar surface area (TPSA) is 41.1 Å². The highest BCUT2D eigenvalue weighted by Gasteiger charge is 2.17. The van der Waals surface area contributed by atoms with Crippen LogP contribution >= 0.6 is 11.6 Å². The number of hydrogen-bond acceptors (Lipinski definition) is 1. The zero-order valence-electron chi connectivity index (χ0n) is 11.3. The molecule has 3 nitrogen and oxygen atoms in total. The molecular weight excluding hydrogens is 260 g/mol. The SMILES string of the molecule is C[C@H](NC(=O)NC1CCCCC1)c1cccc(Cl)c1. The van der Waals surface area contributed by atoms with Crippen LogP contribution in [0.3, 0.4) is 0 Å². The molecule has 1 aromatic carbocycles. The second kappa shape index (κ2) is 6.80. The maximum Gasteiger partial charge on any atom is 0.315 e. The van der Waals surface area contributed by atoms with Gasteiger partial charge in [-0.15, -0.1) is 0 Å². The van der Waals surface area contributed by atoms with Crippen molar-refractivity contribution in [3.8, 4) is 0 Å². The Balaban J connectivity index is 1.84. The predicted molar refractivity (Wildman–Crippen MR) is 78.4 cm³/mol. The highest BCUT2D eigenvalue weighted by molar-refractivity contribution is 6.30. The Labute approximate surface area is 119 Å². The summed E-state index contributed by atoms with van der Waals surface area (Å²) in [5, 5.41) is 6.71. The number of nitrogens with one attached hydrogen (secondary N) is 2. The summed E-state index contributed by atoms with van der Waals surface area (Å²) in [6.45, 7) is 1.96. The van der Waals surface area contributed by atoms with Gasteiger partial charge in [0.25, 0.3) is 0 Å². The highest BCUT2D eigenvalue weighted by Crippen LogP contribution is 2.19. The minimum atomic E-state index is -0.0839. The molecule has 104 valence electrons. The number of halogens is 1. The number of rotatable bonds is 3. The maximum absolute atomic E-state index is 11.9. The second-order valence-corrected chi connectivity index (χ2v) is 5.67. The Bertz CT molecular complexity index is 430. The molecule has 2 N–H and O–H groups in total. The molecule has 0 aromatic heterocycles. The van der Waals surface area contributed by atoms with Crippen molar-refractivity contribution in [2.75, 3.05) is 0 Å². The fourth-order valence-electron chi connectivity index (χ4n) is 2.53. The molecular formula is C15H21ClN2O. The summed E-state index contributed by atoms with van der Waals surface area (Å²) >= 11 is 5.95. The monoisotopic (exact) mass is 280 g/mol. The summed E-state index contributed by atoms with van der Waals surface area (Å²) < 4.78 is 0. The number of benzene rings is 1. The molecule has 1 aliphatic rings. The zero-order chi connectivity index (χ0) is 13.7. The van der Waals surface area contributed by atoms with E-state index in [2.05, 4.69) is 10.6 Å². The molecule has 2 rings (SSSR count). The summed E-state index contributed by atoms with van der Waals surface area (Å²) in [5.41, 5.74) is 1.02. The van der Waals surface area contributed by atoms with Crippen LogP contribution in [0, 0.1) is 0 Å². The third-order valence-electron chi connectivity index (χ3n) is 3.64. The second-order valence-electron chi connectivity index (χ2n) is 5.23. The van der Waals surface area contributed by atoms with E-state index in [1.165, 1.54) is 19.3 Å². The number of urea groups is 1. The van der Waals surface area contributed by atoms with Gasteiger partial charge in [0.1, 0.15) is 0 Å². The quantitative estimate of drug-likeness (QED) is 0.862. The molecule has 0 aliphatic heterocycles. The minimum Gasteiger partial charge on any atom is -0.335 e. The smallest absolute Gasteiger partial charge is 0.315 e. The van der Waals surface area contributed by atoms with E-state index < -0.39 is 0 Å². The van der Waals surface area contributed by atoms with Gasteiger partial charge in [-0.25, -0.2) is 4.79 Å². The standard InChI is InChI=1S/C15H21ClN2O/c1-11(12-6-5-7-13(16)10-12)17-15(19)18-14-8-3-2-4-9-14/h5-7,10-11,14H,2-4,8-9H2,1H3,(H2,17,18,19)/t11-/m0/s1. The van der Waals surface area contributed by atoms with E-state index in [1.807, 2.05) is 31.2 Å². The summed E-state index contributed by atoms with van der Waals surface area (Å²) in [6, 6.07) is 7.79. The van der Waals surface area contributed by atoms with E-state index in [1.54, 1.807) is 0 Å². The lowest BCUT2D eigenvalue weighted by atomic mass is 9.96. The van der Waals surface area contributed by atoms with E-state index in [-0.39, 0.29) is 12.1 Å². The molecule has 4 heteroatoms. The van der Waals surface area contributed by atoms with Gasteiger partial charge < -0.3 is 10.6 Å². The van der Waals surface area contributed by atoms with Gasteiger partial charge in [-0.2, -0.15) is 0 Å². The molecule has 1 aromatic rings. The van der Waals surface area contributed by atoms with E-state index in [0.29, 0.717) is 11.1 Å². The molecule has 0 heterocycles. The van der Waals surface area contributed by atoms with E-state index >= 15 is 0 Å². The van der Waals surface area contributed by atoms with Crippen molar-refractivity contribution in [3.63, 3.8) is 0 Å². The van der Waals surface area contributed by atoms with Crippen LogP contribution in [0.15, 0.2) is 24.3 Å². The van der Waals surface area contributed by atoms with Crippen molar-refractivity contribution in [2.24, 2.45) is 0 Å². The average molecular weight is 281 g/mol. The van der Waals surface area contributed by atoms with E-state index in [0.717, 1.165) is 18.4 Å². The average Bonchev–Trinajstić information content (AvgIpc) is 2.39. The van der Waals surface area contributed by atoms with Gasteiger partial charge >= 0.3 is 6.03 Å². The molecule has 19 heavy (non-hydrogen) atoms. The number of carbonyl (C=O) groups excluding carboxylic acids is 1. The Morgan fingerprint density at radius 1 is 1.32 bits per heavy atom. The van der Waals surface area contributed by atoms with Crippen molar-refractivity contribution in [3.05, 3.63) is 34.9 Å². The first kappa shape index (κ1) is 14.2. The van der Waals surface area contributed by atoms with Gasteiger partial charge in [0.15, 0.2) is 0 Å². The molecule has 1 saturated carbocycles. The van der Waals surface area contributed by atoms with Gasteiger partial charge in [-0.3, -0.25) is 0 Å². The minimum absolute atomic E-state index is 0.0395. The molecule has 0 spiro atoms. The Morgan fingerprint density at radius 3 is 2.74 bits per heavy atom. The van der Waals surface area contributed by atoms with Crippen molar-refractivity contribution < 1.29 is 4.79 Å². The van der Waals surface area contributed by atoms with Crippen molar-refractivity contribution in [1.82, 2.24) is 10.6 Å². The van der Waals surface area contributed by atoms with Crippen LogP contribution in [0.2, 0.25) is 5.02 Å². The third kappa shape index (κ3) is 4.43. The van der Waals surface area contributed by atoms with Crippen LogP contribution in [0.1, 0.15) is 50.6 Å². The Hall–Kier alpha value is -1.22. The zero-order valence-corrected chi connectivity index (χ0v) is 12.0. The number of carbonyl (C=O) groups is 1. The first-order chi connectivity index (χ1) is 9.15. The van der Waals surface area contributed by atoms with Crippen LogP contribution in [0.25, 0.3) is 0 Å². The predicted octanol–water partition coefficient (Wildman–Crippen LogP) is 4.03. The lowest BCUT2D eigenvalue weighted by Gasteiger charge is -2.24. The molecule has 1 aliphatic carbocycles. The van der Waals surface area contributed by atoms with Gasteiger partial charge in [0.05, 0.1) is 6.04 Å². The van der Waals surface area contributed by atoms with Crippen LogP contribution in [0.5, 0.6) is 0 Å². The summed E-state index contributed by atoms with van der Waals surface area (Å²) in [4.78, 5) is 11.9. The third-order valence-corrected chi connectivity index (χ3v) is 3.87. The van der Waals surface area contributed by atoms with E-state index in [4.69, 9.17) is 11.6 Å². The van der Waals surface area contributed by atoms with Crippen molar-refractivity contribution >= 4 is 17.6 Å². The molecule has 0 radical (unpaired) electrons. The van der Waals surface area contributed by atoms with E-state index in [9.17, 15) is 4.79 Å². The first-order valence-electron chi connectivity index (χ1n) is 6.97. The summed E-state index contributed by atoms with van der Waals surface area (Å²) in [6.07, 6.45) is 5.92. The van der Waals surface area contributed by atoms with Gasteiger partial charge in [0, 0.05) is 11.1 Å². The molecule has 2 amide bonds. The molecule has 0 bridgehead atoms. The van der Waals surface area contributed by atoms with Crippen LogP contribution in [0.4, 0.5) is 4.79 Å². The molecule has 1 fully saturated rings. The lowest BCUT2D eigenvalue weighted by molar-refractivity contribution is 0.229. The van der Waals surface area contributed by atoms with Crippen LogP contribution < -0.4 is 10.6 Å². The normalized spacial score (nSPS) is 17.8. The first-order valence-corrected chi connectivity index (χ1v) is 7.35. The lowest BCUT2D eigenvalue weighted by Crippen LogP contribution is -2.43. The van der Waals surface area contributed by atoms with Crippen molar-refractivity contribution in [1.29, 1.82) is 0 Å². The Kier molecular flexibility index (Phi) is 5.08. The van der Waals surface area contributed by atoms with Crippen LogP contribution in [-0.2, 0) is 0 Å². The Morgan fingerprint density at radius 2 is 2.05 bits per heavy atom. The number of amides is 2. The fraction of sp³-hybridized carbons (Fsp3) is 0.533. The van der Waals surface area contributed by atoms with Gasteiger partial charge in [0.2, 0.25) is 0 Å². The van der Waals surface area contributed by atoms with Gasteiger partial charge in [-0.1, -0.05) is 43.0 Å². The van der Waals surface area contributed by atoms with Gasteiger partial charge in [-0.05, 0) is 37.5 Å². The molecule has 0 saturated heterocycles. The van der Waals surface area contributed by atoms with Crippen molar-refractivity contribution in [2.45, 2.75) is 51.1 Å². The number of hydrogen-bond donors (Lipinski definition) is 2. The maximum atomic E-state index is 11.9. The highest BCUT2D eigenvalue weighted by atomic mass is 35.5. The summed E-state index contributed by atoms with van der Waals surface area (Å²) in [7, 11) is 0. The molecule has 0 unspecified atom stereocenters. The van der Waals surface area contributed by atoms with Crippen LogP contribution in [-0.4, -0.2) is 12.1 Å². The summed E-state index contributed by atoms with van der Waals surface area (Å²) in [5.74, 6) is 0.